The molecular formula is C16H14N4O6Zn+2. The van der Waals surface area contributed by atoms with Crippen LogP contribution in [0, 0.1) is 20.2 Å². The zero-order valence-electron chi connectivity index (χ0n) is 14.1. The van der Waals surface area contributed by atoms with Crippen LogP contribution in [-0.4, -0.2) is 45.6 Å². The van der Waals surface area contributed by atoms with E-state index in [0.29, 0.717) is 0 Å². The van der Waals surface area contributed by atoms with Crippen molar-refractivity contribution in [2.45, 2.75) is 0 Å². The van der Waals surface area contributed by atoms with E-state index in [0.717, 1.165) is 0 Å². The first-order valence-electron chi connectivity index (χ1n) is 7.33. The van der Waals surface area contributed by atoms with E-state index in [1.54, 1.807) is 0 Å². The van der Waals surface area contributed by atoms with Crippen molar-refractivity contribution in [2.24, 2.45) is 9.98 Å². The van der Waals surface area contributed by atoms with E-state index < -0.39 is 9.85 Å². The number of nitro groups is 2. The second-order valence-electron chi connectivity index (χ2n) is 5.07. The van der Waals surface area contributed by atoms with Gasteiger partial charge in [-0.3, -0.25) is 30.2 Å². The van der Waals surface area contributed by atoms with Crippen molar-refractivity contribution in [3.05, 3.63) is 67.8 Å². The predicted molar refractivity (Wildman–Crippen MR) is 94.4 cm³/mol. The molecule has 134 valence electrons. The normalized spacial score (nSPS) is 10.8. The number of benzene rings is 2. The van der Waals surface area contributed by atoms with Crippen molar-refractivity contribution in [1.82, 2.24) is 0 Å². The number of phenolic OH excluding ortho intramolecular Hbond substituents is 2. The van der Waals surface area contributed by atoms with Crippen LogP contribution in [0.5, 0.6) is 11.5 Å². The van der Waals surface area contributed by atoms with E-state index in [-0.39, 0.29) is 66.6 Å². The van der Waals surface area contributed by atoms with Crippen molar-refractivity contribution in [2.75, 3.05) is 13.1 Å². The first-order chi connectivity index (χ1) is 12.4. The molecule has 0 aliphatic carbocycles. The minimum absolute atomic E-state index is 0. The van der Waals surface area contributed by atoms with Gasteiger partial charge in [-0.1, -0.05) is 0 Å². The summed E-state index contributed by atoms with van der Waals surface area (Å²) in [6.07, 6.45) is 2.59. The van der Waals surface area contributed by atoms with E-state index >= 15 is 0 Å². The van der Waals surface area contributed by atoms with Crippen LogP contribution in [0.4, 0.5) is 11.4 Å². The summed E-state index contributed by atoms with van der Waals surface area (Å²) in [4.78, 5) is 28.3. The number of rotatable bonds is 7. The molecule has 2 N–H and O–H groups in total. The number of hydrogen-bond donors (Lipinski definition) is 2. The molecule has 0 fully saturated rings. The summed E-state index contributed by atoms with van der Waals surface area (Å²) in [7, 11) is 0. The molecule has 0 aromatic heterocycles. The van der Waals surface area contributed by atoms with Gasteiger partial charge in [0.05, 0.1) is 22.9 Å². The fourth-order valence-electron chi connectivity index (χ4n) is 1.96. The maximum absolute atomic E-state index is 10.7. The maximum atomic E-state index is 10.7. The van der Waals surface area contributed by atoms with Gasteiger partial charge in [0, 0.05) is 47.8 Å². The number of aromatic hydroxyl groups is 2. The van der Waals surface area contributed by atoms with Crippen molar-refractivity contribution in [3.8, 4) is 11.5 Å². The first-order valence-corrected chi connectivity index (χ1v) is 7.33. The van der Waals surface area contributed by atoms with Gasteiger partial charge in [0.15, 0.2) is 0 Å². The summed E-state index contributed by atoms with van der Waals surface area (Å²) >= 11 is 0. The fraction of sp³-hybridized carbons (Fsp3) is 0.125. The third-order valence-electron chi connectivity index (χ3n) is 3.26. The number of hydrogen-bond acceptors (Lipinski definition) is 8. The second-order valence-corrected chi connectivity index (χ2v) is 5.07. The van der Waals surface area contributed by atoms with Crippen LogP contribution in [0.25, 0.3) is 0 Å². The number of non-ortho nitro benzene ring substituents is 2. The topological polar surface area (TPSA) is 151 Å². The molecule has 0 radical (unpaired) electrons. The predicted octanol–water partition coefficient (Wildman–Crippen LogP) is 2.45. The van der Waals surface area contributed by atoms with Crippen LogP contribution in [0.2, 0.25) is 0 Å². The van der Waals surface area contributed by atoms with Gasteiger partial charge >= 0.3 is 19.5 Å². The zero-order chi connectivity index (χ0) is 19.1. The third kappa shape index (κ3) is 6.23. The molecule has 2 rings (SSSR count). The molecule has 0 spiro atoms. The number of nitro benzene ring substituents is 2. The van der Waals surface area contributed by atoms with Gasteiger partial charge in [0.1, 0.15) is 11.5 Å². The van der Waals surface area contributed by atoms with Gasteiger partial charge in [-0.25, -0.2) is 0 Å². The molecule has 11 heteroatoms. The Morgan fingerprint density at radius 1 is 0.815 bits per heavy atom. The second kappa shape index (κ2) is 10.1. The zero-order valence-corrected chi connectivity index (χ0v) is 17.0. The Kier molecular flexibility index (Phi) is 8.15. The van der Waals surface area contributed by atoms with Gasteiger partial charge in [-0.15, -0.1) is 0 Å². The molecule has 2 aromatic rings. The minimum Gasteiger partial charge on any atom is -0.507 e. The molecule has 0 saturated carbocycles. The van der Waals surface area contributed by atoms with Crippen molar-refractivity contribution in [3.63, 3.8) is 0 Å². The molecule has 10 nitrogen and oxygen atoms in total. The molecule has 0 saturated heterocycles. The van der Waals surface area contributed by atoms with E-state index in [1.807, 2.05) is 0 Å². The first kappa shape index (κ1) is 21.8. The average molecular weight is 424 g/mol. The minimum atomic E-state index is -0.577. The quantitative estimate of drug-likeness (QED) is 0.229. The molecule has 0 unspecified atom stereocenters. The Labute approximate surface area is 166 Å². The number of aliphatic imine (C=N–C) groups is 2. The van der Waals surface area contributed by atoms with Crippen LogP contribution < -0.4 is 0 Å². The average Bonchev–Trinajstić information content (AvgIpc) is 2.60. The summed E-state index contributed by atoms with van der Waals surface area (Å²) in [6.45, 7) is 0.433. The maximum Gasteiger partial charge on any atom is 2.00 e. The molecule has 0 atom stereocenters. The number of phenols is 2. The summed E-state index contributed by atoms with van der Waals surface area (Å²) in [5.41, 5.74) is 0.0888. The summed E-state index contributed by atoms with van der Waals surface area (Å²) in [5.74, 6) is -0.270. The van der Waals surface area contributed by atoms with Gasteiger partial charge in [-0.2, -0.15) is 0 Å². The Bertz CT molecular complexity index is 827. The largest absolute Gasteiger partial charge is 2.00 e. The van der Waals surface area contributed by atoms with Gasteiger partial charge in [0.25, 0.3) is 11.4 Å². The van der Waals surface area contributed by atoms with Gasteiger partial charge in [-0.05, 0) is 12.1 Å². The molecule has 0 bridgehead atoms. The van der Waals surface area contributed by atoms with Crippen LogP contribution in [0.3, 0.4) is 0 Å². The monoisotopic (exact) mass is 422 g/mol. The van der Waals surface area contributed by atoms with Crippen LogP contribution >= 0.6 is 0 Å². The standard InChI is InChI=1S/C16H14N4O6.Zn/c21-15-3-1-13(19(23)24)7-11(15)9-17-5-6-18-10-12-8-14(20(25)26)2-4-16(12)22;/h1-4,7-10,21-22H,5-6H2;/q;+2. The fourth-order valence-corrected chi connectivity index (χ4v) is 1.96. The van der Waals surface area contributed by atoms with E-state index in [4.69, 9.17) is 0 Å². The van der Waals surface area contributed by atoms with E-state index in [9.17, 15) is 30.4 Å². The van der Waals surface area contributed by atoms with E-state index in [2.05, 4.69) is 9.98 Å². The summed E-state index contributed by atoms with van der Waals surface area (Å²) in [5, 5.41) is 40.7. The SMILES string of the molecule is O=[N+]([O-])c1ccc(O)c(C=NCCN=Cc2cc([N+](=O)[O-])ccc2O)c1.[Zn+2]. The van der Waals surface area contributed by atoms with Crippen LogP contribution in [0.1, 0.15) is 11.1 Å². The molecule has 0 heterocycles. The molecule has 0 aliphatic rings. The molecule has 2 aromatic carbocycles. The molecule has 27 heavy (non-hydrogen) atoms. The third-order valence-corrected chi connectivity index (χ3v) is 3.26. The van der Waals surface area contributed by atoms with Crippen LogP contribution in [0.15, 0.2) is 46.4 Å². The Morgan fingerprint density at radius 2 is 1.19 bits per heavy atom. The van der Waals surface area contributed by atoms with Crippen molar-refractivity contribution in [1.29, 1.82) is 0 Å². The van der Waals surface area contributed by atoms with Crippen molar-refractivity contribution < 1.29 is 39.5 Å². The van der Waals surface area contributed by atoms with E-state index in [1.165, 1.54) is 48.8 Å². The smallest absolute Gasteiger partial charge is 0.507 e. The molecule has 0 amide bonds. The Hall–Kier alpha value is -3.20. The van der Waals surface area contributed by atoms with Crippen LogP contribution in [-0.2, 0) is 19.5 Å². The summed E-state index contributed by atoms with van der Waals surface area (Å²) < 4.78 is 0. The molecular weight excluding hydrogens is 410 g/mol. The Balaban J connectivity index is 0.00000364. The van der Waals surface area contributed by atoms with Crippen molar-refractivity contribution >= 4 is 23.8 Å². The number of nitrogens with zero attached hydrogens (tertiary/aromatic N) is 4. The Morgan fingerprint density at radius 3 is 1.52 bits per heavy atom. The van der Waals surface area contributed by atoms with Gasteiger partial charge in [0.2, 0.25) is 0 Å². The molecule has 0 aliphatic heterocycles. The summed E-state index contributed by atoms with van der Waals surface area (Å²) in [6, 6.07) is 7.18. The van der Waals surface area contributed by atoms with Gasteiger partial charge < -0.3 is 10.2 Å².